The highest BCUT2D eigenvalue weighted by Crippen LogP contribution is 2.26. The van der Waals surface area contributed by atoms with Gasteiger partial charge in [0.05, 0.1) is 0 Å². The van der Waals surface area contributed by atoms with Crippen LogP contribution in [0.15, 0.2) is 42.6 Å². The van der Waals surface area contributed by atoms with Gasteiger partial charge in [-0.15, -0.1) is 0 Å². The Hall–Kier alpha value is -2.36. The van der Waals surface area contributed by atoms with Crippen molar-refractivity contribution in [2.45, 2.75) is 40.0 Å². The molecule has 4 nitrogen and oxygen atoms in total. The SMILES string of the molecule is CC(C)CCNC(=O)c1cc(Nc2ccccc2C(C)C)ccn1. The molecule has 1 amide bonds. The summed E-state index contributed by atoms with van der Waals surface area (Å²) in [7, 11) is 0. The third-order valence-corrected chi connectivity index (χ3v) is 3.86. The Morgan fingerprint density at radius 1 is 1.12 bits per heavy atom. The van der Waals surface area contributed by atoms with E-state index in [0.29, 0.717) is 24.1 Å². The number of pyridine rings is 1. The van der Waals surface area contributed by atoms with Crippen LogP contribution in [0.5, 0.6) is 0 Å². The number of nitrogens with zero attached hydrogens (tertiary/aromatic N) is 1. The van der Waals surface area contributed by atoms with Crippen molar-refractivity contribution >= 4 is 17.3 Å². The van der Waals surface area contributed by atoms with Gasteiger partial charge in [0.2, 0.25) is 0 Å². The number of anilines is 2. The molecule has 2 aromatic rings. The van der Waals surface area contributed by atoms with Crippen molar-refractivity contribution in [1.82, 2.24) is 10.3 Å². The molecule has 2 rings (SSSR count). The molecule has 2 N–H and O–H groups in total. The normalized spacial score (nSPS) is 10.9. The van der Waals surface area contributed by atoms with Crippen LogP contribution in [0.1, 0.15) is 56.1 Å². The van der Waals surface area contributed by atoms with E-state index < -0.39 is 0 Å². The molecule has 0 fully saturated rings. The van der Waals surface area contributed by atoms with E-state index in [-0.39, 0.29) is 5.91 Å². The van der Waals surface area contributed by atoms with Crippen molar-refractivity contribution in [3.05, 3.63) is 53.9 Å². The third kappa shape index (κ3) is 5.08. The number of rotatable bonds is 7. The zero-order valence-electron chi connectivity index (χ0n) is 15.0. The first-order valence-electron chi connectivity index (χ1n) is 8.57. The summed E-state index contributed by atoms with van der Waals surface area (Å²) in [6.07, 6.45) is 2.63. The maximum Gasteiger partial charge on any atom is 0.269 e. The van der Waals surface area contributed by atoms with Gasteiger partial charge in [0.15, 0.2) is 0 Å². The predicted molar refractivity (Wildman–Crippen MR) is 99.8 cm³/mol. The van der Waals surface area contributed by atoms with Crippen LogP contribution < -0.4 is 10.6 Å². The van der Waals surface area contributed by atoms with E-state index in [9.17, 15) is 4.79 Å². The zero-order valence-corrected chi connectivity index (χ0v) is 15.0. The van der Waals surface area contributed by atoms with Gasteiger partial charge in [0.1, 0.15) is 5.69 Å². The molecular formula is C20H27N3O. The van der Waals surface area contributed by atoms with E-state index in [1.54, 1.807) is 12.3 Å². The van der Waals surface area contributed by atoms with E-state index in [1.807, 2.05) is 18.2 Å². The molecule has 0 atom stereocenters. The number of carbonyl (C=O) groups excluding carboxylic acids is 1. The molecule has 128 valence electrons. The first-order valence-corrected chi connectivity index (χ1v) is 8.57. The topological polar surface area (TPSA) is 54.0 Å². The molecule has 4 heteroatoms. The van der Waals surface area contributed by atoms with Crippen LogP contribution in [0.4, 0.5) is 11.4 Å². The molecule has 0 saturated heterocycles. The Morgan fingerprint density at radius 2 is 1.88 bits per heavy atom. The van der Waals surface area contributed by atoms with Gasteiger partial charge in [0, 0.05) is 24.1 Å². The monoisotopic (exact) mass is 325 g/mol. The lowest BCUT2D eigenvalue weighted by atomic mass is 10.0. The van der Waals surface area contributed by atoms with Gasteiger partial charge in [-0.1, -0.05) is 45.9 Å². The Bertz CT molecular complexity index is 680. The number of benzene rings is 1. The van der Waals surface area contributed by atoms with Crippen LogP contribution in [0, 0.1) is 5.92 Å². The molecule has 1 aromatic carbocycles. The average molecular weight is 325 g/mol. The van der Waals surface area contributed by atoms with Crippen molar-refractivity contribution in [1.29, 1.82) is 0 Å². The standard InChI is InChI=1S/C20H27N3O/c1-14(2)9-11-22-20(24)19-13-16(10-12-21-19)23-18-8-6-5-7-17(18)15(3)4/h5-8,10,12-15H,9,11H2,1-4H3,(H,21,23)(H,22,24). The van der Waals surface area contributed by atoms with E-state index >= 15 is 0 Å². The average Bonchev–Trinajstić information content (AvgIpc) is 2.55. The van der Waals surface area contributed by atoms with Crippen molar-refractivity contribution in [2.24, 2.45) is 5.92 Å². The molecule has 1 heterocycles. The Morgan fingerprint density at radius 3 is 2.58 bits per heavy atom. The molecule has 0 bridgehead atoms. The number of carbonyl (C=O) groups is 1. The van der Waals surface area contributed by atoms with Crippen molar-refractivity contribution in [2.75, 3.05) is 11.9 Å². The number of nitrogens with one attached hydrogen (secondary N) is 2. The molecule has 24 heavy (non-hydrogen) atoms. The first kappa shape index (κ1) is 18.0. The Kier molecular flexibility index (Phi) is 6.36. The summed E-state index contributed by atoms with van der Waals surface area (Å²) in [5.41, 5.74) is 3.61. The minimum Gasteiger partial charge on any atom is -0.355 e. The van der Waals surface area contributed by atoms with E-state index in [4.69, 9.17) is 0 Å². The maximum atomic E-state index is 12.2. The Labute approximate surface area is 144 Å². The fourth-order valence-electron chi connectivity index (χ4n) is 2.47. The van der Waals surface area contributed by atoms with Gasteiger partial charge in [0.25, 0.3) is 5.91 Å². The minimum atomic E-state index is -0.128. The second-order valence-corrected chi connectivity index (χ2v) is 6.74. The lowest BCUT2D eigenvalue weighted by Gasteiger charge is -2.15. The highest BCUT2D eigenvalue weighted by atomic mass is 16.1. The molecule has 0 aliphatic heterocycles. The molecular weight excluding hydrogens is 298 g/mol. The second kappa shape index (κ2) is 8.48. The number of hydrogen-bond donors (Lipinski definition) is 2. The highest BCUT2D eigenvalue weighted by Gasteiger charge is 2.10. The van der Waals surface area contributed by atoms with Gasteiger partial charge in [-0.25, -0.2) is 0 Å². The van der Waals surface area contributed by atoms with Crippen molar-refractivity contribution in [3.63, 3.8) is 0 Å². The zero-order chi connectivity index (χ0) is 17.5. The smallest absolute Gasteiger partial charge is 0.269 e. The van der Waals surface area contributed by atoms with Crippen molar-refractivity contribution in [3.8, 4) is 0 Å². The summed E-state index contributed by atoms with van der Waals surface area (Å²) in [5, 5.41) is 6.33. The molecule has 0 aliphatic rings. The van der Waals surface area contributed by atoms with E-state index in [0.717, 1.165) is 17.8 Å². The minimum absolute atomic E-state index is 0.128. The van der Waals surface area contributed by atoms with Gasteiger partial charge in [-0.3, -0.25) is 9.78 Å². The summed E-state index contributed by atoms with van der Waals surface area (Å²) >= 11 is 0. The number of hydrogen-bond acceptors (Lipinski definition) is 3. The van der Waals surface area contributed by atoms with Gasteiger partial charge in [-0.2, -0.15) is 0 Å². The van der Waals surface area contributed by atoms with Gasteiger partial charge in [-0.05, 0) is 42.0 Å². The number of para-hydroxylation sites is 1. The fourth-order valence-corrected chi connectivity index (χ4v) is 2.47. The largest absolute Gasteiger partial charge is 0.355 e. The third-order valence-electron chi connectivity index (χ3n) is 3.86. The van der Waals surface area contributed by atoms with Crippen LogP contribution >= 0.6 is 0 Å². The number of amides is 1. The fraction of sp³-hybridized carbons (Fsp3) is 0.400. The van der Waals surface area contributed by atoms with Crippen LogP contribution in [0.2, 0.25) is 0 Å². The lowest BCUT2D eigenvalue weighted by Crippen LogP contribution is -2.26. The lowest BCUT2D eigenvalue weighted by molar-refractivity contribution is 0.0947. The first-order chi connectivity index (χ1) is 11.5. The van der Waals surface area contributed by atoms with Crippen LogP contribution in [0.25, 0.3) is 0 Å². The van der Waals surface area contributed by atoms with Crippen LogP contribution in [0.3, 0.4) is 0 Å². The van der Waals surface area contributed by atoms with E-state index in [2.05, 4.69) is 55.4 Å². The van der Waals surface area contributed by atoms with Gasteiger partial charge >= 0.3 is 0 Å². The highest BCUT2D eigenvalue weighted by molar-refractivity contribution is 5.93. The van der Waals surface area contributed by atoms with Crippen LogP contribution in [-0.2, 0) is 0 Å². The quantitative estimate of drug-likeness (QED) is 0.774. The van der Waals surface area contributed by atoms with Gasteiger partial charge < -0.3 is 10.6 Å². The summed E-state index contributed by atoms with van der Waals surface area (Å²) in [4.78, 5) is 16.4. The Balaban J connectivity index is 2.09. The molecule has 0 aliphatic carbocycles. The number of aromatic nitrogens is 1. The summed E-state index contributed by atoms with van der Waals surface area (Å²) in [6.45, 7) is 9.29. The molecule has 0 spiro atoms. The van der Waals surface area contributed by atoms with Crippen molar-refractivity contribution < 1.29 is 4.79 Å². The predicted octanol–water partition coefficient (Wildman–Crippen LogP) is 4.72. The summed E-state index contributed by atoms with van der Waals surface area (Å²) in [6, 6.07) is 11.9. The molecule has 1 aromatic heterocycles. The van der Waals surface area contributed by atoms with E-state index in [1.165, 1.54) is 5.56 Å². The molecule has 0 radical (unpaired) electrons. The maximum absolute atomic E-state index is 12.2. The summed E-state index contributed by atoms with van der Waals surface area (Å²) in [5.74, 6) is 0.865. The summed E-state index contributed by atoms with van der Waals surface area (Å²) < 4.78 is 0. The second-order valence-electron chi connectivity index (χ2n) is 6.74. The van der Waals surface area contributed by atoms with Crippen LogP contribution in [-0.4, -0.2) is 17.4 Å². The molecule has 0 unspecified atom stereocenters. The molecule has 0 saturated carbocycles.